The molecular formula is C20H18N2O6. The van der Waals surface area contributed by atoms with E-state index in [9.17, 15) is 14.4 Å². The van der Waals surface area contributed by atoms with E-state index in [0.717, 1.165) is 0 Å². The average Bonchev–Trinajstić information content (AvgIpc) is 3.05. The van der Waals surface area contributed by atoms with Crippen LogP contribution in [0.1, 0.15) is 33.4 Å². The number of rotatable bonds is 6. The molecule has 0 saturated carbocycles. The molecular weight excluding hydrogens is 364 g/mol. The molecule has 3 rings (SSSR count). The summed E-state index contributed by atoms with van der Waals surface area (Å²) < 4.78 is 16.0. The first-order valence-electron chi connectivity index (χ1n) is 8.50. The number of anilines is 1. The molecule has 0 fully saturated rings. The first-order chi connectivity index (χ1) is 13.5. The van der Waals surface area contributed by atoms with Gasteiger partial charge in [0, 0.05) is 11.1 Å². The number of esters is 2. The molecule has 1 heterocycles. The Hall–Kier alpha value is -3.81. The summed E-state index contributed by atoms with van der Waals surface area (Å²) in [5.74, 6) is -1.26. The van der Waals surface area contributed by atoms with E-state index in [1.54, 1.807) is 43.3 Å². The molecule has 0 aliphatic carbocycles. The van der Waals surface area contributed by atoms with Gasteiger partial charge in [0.2, 0.25) is 5.76 Å². The Labute approximate surface area is 160 Å². The van der Waals surface area contributed by atoms with Gasteiger partial charge >= 0.3 is 18.0 Å². The van der Waals surface area contributed by atoms with Crippen LogP contribution >= 0.6 is 0 Å². The highest BCUT2D eigenvalue weighted by Gasteiger charge is 2.23. The number of benzene rings is 2. The largest absolute Gasteiger partial charge is 0.460 e. The van der Waals surface area contributed by atoms with Crippen LogP contribution in [0.25, 0.3) is 11.0 Å². The summed E-state index contributed by atoms with van der Waals surface area (Å²) in [5.41, 5.74) is 6.57. The highest BCUT2D eigenvalue weighted by molar-refractivity contribution is 5.97. The van der Waals surface area contributed by atoms with E-state index in [1.165, 1.54) is 12.1 Å². The summed E-state index contributed by atoms with van der Waals surface area (Å²) in [5, 5.41) is 3.04. The molecule has 144 valence electrons. The Bertz CT molecular complexity index is 1040. The molecule has 28 heavy (non-hydrogen) atoms. The van der Waals surface area contributed by atoms with Crippen molar-refractivity contribution in [1.29, 1.82) is 0 Å². The Morgan fingerprint density at radius 2 is 1.82 bits per heavy atom. The van der Waals surface area contributed by atoms with Gasteiger partial charge in [-0.2, -0.15) is 0 Å². The van der Waals surface area contributed by atoms with Crippen LogP contribution in [0.2, 0.25) is 0 Å². The minimum absolute atomic E-state index is 0.00000388. The number of primary amides is 1. The van der Waals surface area contributed by atoms with Gasteiger partial charge in [0.1, 0.15) is 12.2 Å². The summed E-state index contributed by atoms with van der Waals surface area (Å²) in [4.78, 5) is 35.5. The SMILES string of the molecule is CCOC(=O)c1oc2ccccc2c1COC(=O)c1cccc(NC(N)=O)c1. The molecule has 2 amide bonds. The Morgan fingerprint density at radius 1 is 1.04 bits per heavy atom. The lowest BCUT2D eigenvalue weighted by Gasteiger charge is -2.07. The van der Waals surface area contributed by atoms with Gasteiger partial charge in [0.25, 0.3) is 0 Å². The fourth-order valence-corrected chi connectivity index (χ4v) is 2.69. The monoisotopic (exact) mass is 382 g/mol. The summed E-state index contributed by atoms with van der Waals surface area (Å²) in [6.07, 6.45) is 0. The second-order valence-electron chi connectivity index (χ2n) is 5.77. The average molecular weight is 382 g/mol. The van der Waals surface area contributed by atoms with Crippen molar-refractivity contribution in [3.8, 4) is 0 Å². The second kappa shape index (κ2) is 8.26. The third-order valence-electron chi connectivity index (χ3n) is 3.87. The third-order valence-corrected chi connectivity index (χ3v) is 3.87. The van der Waals surface area contributed by atoms with Crippen LogP contribution < -0.4 is 11.1 Å². The summed E-state index contributed by atoms with van der Waals surface area (Å²) in [6, 6.07) is 12.4. The highest BCUT2D eigenvalue weighted by Crippen LogP contribution is 2.27. The number of nitrogens with one attached hydrogen (secondary N) is 1. The van der Waals surface area contributed by atoms with E-state index in [4.69, 9.17) is 19.6 Å². The Balaban J connectivity index is 1.83. The molecule has 0 unspecified atom stereocenters. The highest BCUT2D eigenvalue weighted by atomic mass is 16.5. The predicted molar refractivity (Wildman–Crippen MR) is 101 cm³/mol. The third kappa shape index (κ3) is 4.12. The van der Waals surface area contributed by atoms with Crippen LogP contribution in [0.4, 0.5) is 10.5 Å². The van der Waals surface area contributed by atoms with Crippen molar-refractivity contribution in [3.63, 3.8) is 0 Å². The molecule has 0 spiro atoms. The van der Waals surface area contributed by atoms with Crippen LogP contribution in [0, 0.1) is 0 Å². The molecule has 0 aliphatic heterocycles. The fourth-order valence-electron chi connectivity index (χ4n) is 2.69. The maximum Gasteiger partial charge on any atom is 0.374 e. The van der Waals surface area contributed by atoms with E-state index >= 15 is 0 Å². The quantitative estimate of drug-likeness (QED) is 0.630. The van der Waals surface area contributed by atoms with Gasteiger partial charge in [-0.1, -0.05) is 24.3 Å². The summed E-state index contributed by atoms with van der Waals surface area (Å²) in [7, 11) is 0. The number of carbonyl (C=O) groups is 3. The number of carbonyl (C=O) groups excluding carboxylic acids is 3. The normalized spacial score (nSPS) is 10.5. The Kier molecular flexibility index (Phi) is 5.59. The van der Waals surface area contributed by atoms with Gasteiger partial charge < -0.3 is 24.9 Å². The van der Waals surface area contributed by atoms with Crippen LogP contribution in [0.3, 0.4) is 0 Å². The lowest BCUT2D eigenvalue weighted by atomic mass is 10.1. The van der Waals surface area contributed by atoms with Crippen molar-refractivity contribution in [2.45, 2.75) is 13.5 Å². The second-order valence-corrected chi connectivity index (χ2v) is 5.77. The van der Waals surface area contributed by atoms with E-state index in [0.29, 0.717) is 22.2 Å². The number of hydrogen-bond acceptors (Lipinski definition) is 6. The molecule has 3 N–H and O–H groups in total. The summed E-state index contributed by atoms with van der Waals surface area (Å²) >= 11 is 0. The molecule has 0 aliphatic rings. The van der Waals surface area contributed by atoms with Crippen molar-refractivity contribution >= 4 is 34.6 Å². The van der Waals surface area contributed by atoms with Crippen LogP contribution in [-0.2, 0) is 16.1 Å². The van der Waals surface area contributed by atoms with Crippen molar-refractivity contribution < 1.29 is 28.3 Å². The number of para-hydroxylation sites is 1. The molecule has 3 aromatic rings. The number of ether oxygens (including phenoxy) is 2. The van der Waals surface area contributed by atoms with Crippen LogP contribution in [-0.4, -0.2) is 24.6 Å². The van der Waals surface area contributed by atoms with Crippen molar-refractivity contribution in [2.75, 3.05) is 11.9 Å². The minimum Gasteiger partial charge on any atom is -0.460 e. The maximum absolute atomic E-state index is 12.4. The molecule has 0 bridgehead atoms. The van der Waals surface area contributed by atoms with E-state index in [2.05, 4.69) is 5.32 Å². The van der Waals surface area contributed by atoms with Crippen LogP contribution in [0.15, 0.2) is 52.9 Å². The molecule has 8 nitrogen and oxygen atoms in total. The van der Waals surface area contributed by atoms with Crippen molar-refractivity contribution in [2.24, 2.45) is 5.73 Å². The maximum atomic E-state index is 12.4. The van der Waals surface area contributed by atoms with E-state index in [-0.39, 0.29) is 24.5 Å². The van der Waals surface area contributed by atoms with Gasteiger partial charge in [0.15, 0.2) is 0 Å². The number of urea groups is 1. The summed E-state index contributed by atoms with van der Waals surface area (Å²) in [6.45, 7) is 1.69. The number of fused-ring (bicyclic) bond motifs is 1. The Morgan fingerprint density at radius 3 is 2.57 bits per heavy atom. The lowest BCUT2D eigenvalue weighted by molar-refractivity contribution is 0.0435. The number of nitrogens with two attached hydrogens (primary N) is 1. The molecule has 8 heteroatoms. The molecule has 0 atom stereocenters. The van der Waals surface area contributed by atoms with Crippen molar-refractivity contribution in [1.82, 2.24) is 0 Å². The molecule has 0 saturated heterocycles. The first-order valence-corrected chi connectivity index (χ1v) is 8.50. The zero-order valence-electron chi connectivity index (χ0n) is 15.1. The van der Waals surface area contributed by atoms with Gasteiger partial charge in [-0.3, -0.25) is 0 Å². The van der Waals surface area contributed by atoms with Crippen LogP contribution in [0.5, 0.6) is 0 Å². The standard InChI is InChI=1S/C20H18N2O6/c1-2-26-19(24)17-15(14-8-3-4-9-16(14)28-17)11-27-18(23)12-6-5-7-13(10-12)22-20(21)25/h3-10H,2,11H2,1H3,(H3,21,22,25). The molecule has 2 aromatic carbocycles. The smallest absolute Gasteiger partial charge is 0.374 e. The topological polar surface area (TPSA) is 121 Å². The zero-order chi connectivity index (χ0) is 20.1. The van der Waals surface area contributed by atoms with E-state index in [1.807, 2.05) is 0 Å². The van der Waals surface area contributed by atoms with Gasteiger partial charge in [-0.15, -0.1) is 0 Å². The number of furan rings is 1. The van der Waals surface area contributed by atoms with Gasteiger partial charge in [0.05, 0.1) is 17.7 Å². The minimum atomic E-state index is -0.741. The molecule has 0 radical (unpaired) electrons. The zero-order valence-corrected chi connectivity index (χ0v) is 15.1. The van der Waals surface area contributed by atoms with E-state index < -0.39 is 18.0 Å². The van der Waals surface area contributed by atoms with Crippen molar-refractivity contribution in [3.05, 3.63) is 65.4 Å². The lowest BCUT2D eigenvalue weighted by Crippen LogP contribution is -2.19. The van der Waals surface area contributed by atoms with Gasteiger partial charge in [-0.25, -0.2) is 14.4 Å². The van der Waals surface area contributed by atoms with Gasteiger partial charge in [-0.05, 0) is 31.2 Å². The first kappa shape index (κ1) is 19.0. The predicted octanol–water partition coefficient (Wildman–Crippen LogP) is 3.46. The number of hydrogen-bond donors (Lipinski definition) is 2. The molecule has 1 aromatic heterocycles. The fraction of sp³-hybridized carbons (Fsp3) is 0.150. The number of amides is 2.